The van der Waals surface area contributed by atoms with E-state index in [1.807, 2.05) is 0 Å². The van der Waals surface area contributed by atoms with Crippen LogP contribution >= 0.6 is 24.7 Å². The second-order valence-electron chi connectivity index (χ2n) is 1.61. The van der Waals surface area contributed by atoms with E-state index in [1.54, 1.807) is 0 Å². The Labute approximate surface area is 63.7 Å². The van der Waals surface area contributed by atoms with Crippen LogP contribution in [0.4, 0.5) is 0 Å². The van der Waals surface area contributed by atoms with Gasteiger partial charge in [0.05, 0.1) is 12.2 Å². The Morgan fingerprint density at radius 2 is 1.89 bits per heavy atom. The third-order valence-electron chi connectivity index (χ3n) is 0.877. The third kappa shape index (κ3) is 4.05. The number of aliphatic hydroxyl groups excluding tert-OH is 2. The van der Waals surface area contributed by atoms with Crippen LogP contribution in [0.5, 0.6) is 0 Å². The molecule has 0 heterocycles. The van der Waals surface area contributed by atoms with Crippen molar-refractivity contribution in [1.29, 1.82) is 0 Å². The van der Waals surface area contributed by atoms with Crippen LogP contribution in [0, 0.1) is 0 Å². The van der Waals surface area contributed by atoms with Gasteiger partial charge in [-0.2, -0.15) is 12.6 Å². The summed E-state index contributed by atoms with van der Waals surface area (Å²) in [6, 6.07) is 0. The van der Waals surface area contributed by atoms with Gasteiger partial charge in [0.1, 0.15) is 0 Å². The van der Waals surface area contributed by atoms with E-state index in [2.05, 4.69) is 12.6 Å². The van der Waals surface area contributed by atoms with E-state index < -0.39 is 12.2 Å². The molecule has 0 rings (SSSR count). The predicted octanol–water partition coefficient (Wildman–Crippen LogP) is -0.156. The van der Waals surface area contributed by atoms with E-state index in [0.29, 0.717) is 12.0 Å². The average molecular weight is 170 g/mol. The summed E-state index contributed by atoms with van der Waals surface area (Å²) in [6.45, 7) is 0. The smallest absolute Gasteiger partial charge is 0.0919 e. The molecule has 5 heteroatoms. The lowest BCUT2D eigenvalue weighted by Crippen LogP contribution is -2.29. The van der Waals surface area contributed by atoms with Crippen molar-refractivity contribution in [1.82, 2.24) is 0 Å². The normalized spacial score (nSPS) is 17.3. The summed E-state index contributed by atoms with van der Waals surface area (Å²) in [5, 5.41) is 17.6. The Morgan fingerprint density at radius 1 is 1.33 bits per heavy atom. The molecule has 0 bridgehead atoms. The molecule has 56 valence electrons. The van der Waals surface area contributed by atoms with E-state index in [-0.39, 0.29) is 11.5 Å². The van der Waals surface area contributed by atoms with E-state index >= 15 is 0 Å². The van der Waals surface area contributed by atoms with Crippen molar-refractivity contribution in [2.45, 2.75) is 12.2 Å². The molecule has 0 aliphatic rings. The van der Waals surface area contributed by atoms with Gasteiger partial charge in [-0.25, -0.2) is 0 Å². The van der Waals surface area contributed by atoms with Gasteiger partial charge in [0.25, 0.3) is 0 Å². The summed E-state index contributed by atoms with van der Waals surface area (Å²) in [5.41, 5.74) is 0. The minimum Gasteiger partial charge on any atom is -0.390 e. The highest BCUT2D eigenvalue weighted by molar-refractivity contribution is 7.93. The van der Waals surface area contributed by atoms with Gasteiger partial charge in [0.2, 0.25) is 0 Å². The quantitative estimate of drug-likeness (QED) is 0.350. The summed E-state index contributed by atoms with van der Waals surface area (Å²) in [4.78, 5) is 0. The van der Waals surface area contributed by atoms with Crippen LogP contribution in [0.3, 0.4) is 0 Å². The lowest BCUT2D eigenvalue weighted by molar-refractivity contribution is 0.0497. The predicted molar refractivity (Wildman–Crippen MR) is 41.0 cm³/mol. The maximum Gasteiger partial charge on any atom is 0.0919 e. The molecule has 3 N–H and O–H groups in total. The largest absolute Gasteiger partial charge is 0.390 e. The molecule has 2 atom stereocenters. The zero-order chi connectivity index (χ0) is 7.28. The molecular weight excluding hydrogens is 160 g/mol. The highest BCUT2D eigenvalue weighted by Crippen LogP contribution is 2.02. The second-order valence-corrected chi connectivity index (χ2v) is 2.57. The highest BCUT2D eigenvalue weighted by Gasteiger charge is 2.13. The van der Waals surface area contributed by atoms with Crippen molar-refractivity contribution < 1.29 is 14.8 Å². The maximum atomic E-state index is 8.84. The lowest BCUT2D eigenvalue weighted by Gasteiger charge is -2.12. The Balaban J connectivity index is 3.32. The fraction of sp³-hybridized carbons (Fsp3) is 1.00. The van der Waals surface area contributed by atoms with Crippen LogP contribution in [-0.4, -0.2) is 38.5 Å². The van der Waals surface area contributed by atoms with E-state index in [0.717, 1.165) is 0 Å². The third-order valence-corrected chi connectivity index (χ3v) is 1.74. The molecule has 0 aliphatic carbocycles. The summed E-state index contributed by atoms with van der Waals surface area (Å²) >= 11 is 4.26. The van der Waals surface area contributed by atoms with Crippen LogP contribution in [-0.2, 0) is 0 Å². The lowest BCUT2D eigenvalue weighted by atomic mass is 10.3. The Morgan fingerprint density at radius 3 is 2.22 bits per heavy atom. The Kier molecular flexibility index (Phi) is 5.72. The van der Waals surface area contributed by atoms with Crippen molar-refractivity contribution in [3.63, 3.8) is 0 Å². The molecule has 0 aromatic carbocycles. The fourth-order valence-corrected chi connectivity index (χ4v) is 0.927. The van der Waals surface area contributed by atoms with Crippen LogP contribution < -0.4 is 0 Å². The standard InChI is InChI=1S/C4H10O3S2/c5-3(1-8)4(6)2-9-7/h3-8H,1-2H2/t3-,4-/m1/s1. The van der Waals surface area contributed by atoms with Crippen molar-refractivity contribution in [3.05, 3.63) is 0 Å². The van der Waals surface area contributed by atoms with Gasteiger partial charge in [-0.3, -0.25) is 0 Å². The number of hydrogen-bond donors (Lipinski definition) is 4. The molecule has 0 aliphatic heterocycles. The molecule has 0 radical (unpaired) electrons. The fourth-order valence-electron chi connectivity index (χ4n) is 0.309. The van der Waals surface area contributed by atoms with Gasteiger partial charge in [0.15, 0.2) is 0 Å². The number of hydrogen-bond acceptors (Lipinski definition) is 5. The van der Waals surface area contributed by atoms with Crippen molar-refractivity contribution in [3.8, 4) is 0 Å². The van der Waals surface area contributed by atoms with Gasteiger partial charge in [-0.15, -0.1) is 0 Å². The molecule has 0 unspecified atom stereocenters. The van der Waals surface area contributed by atoms with Gasteiger partial charge in [-0.05, 0) is 12.0 Å². The molecule has 0 spiro atoms. The topological polar surface area (TPSA) is 60.7 Å². The van der Waals surface area contributed by atoms with E-state index in [4.69, 9.17) is 14.8 Å². The van der Waals surface area contributed by atoms with Gasteiger partial charge in [-0.1, -0.05) is 0 Å². The highest BCUT2D eigenvalue weighted by atomic mass is 32.2. The van der Waals surface area contributed by atoms with Crippen molar-refractivity contribution >= 4 is 24.7 Å². The van der Waals surface area contributed by atoms with Crippen LogP contribution in [0.25, 0.3) is 0 Å². The summed E-state index contributed by atoms with van der Waals surface area (Å²) in [5.74, 6) is 0.337. The second kappa shape index (κ2) is 5.37. The first-order chi connectivity index (χ1) is 4.22. The minimum absolute atomic E-state index is 0.127. The molecule has 0 saturated carbocycles. The maximum absolute atomic E-state index is 8.84. The zero-order valence-electron chi connectivity index (χ0n) is 4.77. The number of thiol groups is 1. The number of rotatable bonds is 4. The SMILES string of the molecule is OSC[C@@H](O)[C@H](O)CS. The summed E-state index contributed by atoms with van der Waals surface area (Å²) in [7, 11) is 0. The van der Waals surface area contributed by atoms with Crippen molar-refractivity contribution in [2.24, 2.45) is 0 Å². The molecule has 0 saturated heterocycles. The van der Waals surface area contributed by atoms with Gasteiger partial charge >= 0.3 is 0 Å². The molecule has 9 heavy (non-hydrogen) atoms. The molecule has 0 aromatic heterocycles. The first-order valence-corrected chi connectivity index (χ1v) is 4.03. The first-order valence-electron chi connectivity index (χ1n) is 2.45. The molecule has 0 amide bonds. The van der Waals surface area contributed by atoms with Crippen LogP contribution in [0.1, 0.15) is 0 Å². The van der Waals surface area contributed by atoms with Crippen molar-refractivity contribution in [2.75, 3.05) is 11.5 Å². The van der Waals surface area contributed by atoms with E-state index in [9.17, 15) is 0 Å². The molecule has 0 fully saturated rings. The zero-order valence-corrected chi connectivity index (χ0v) is 6.48. The monoisotopic (exact) mass is 170 g/mol. The first kappa shape index (κ1) is 9.58. The van der Waals surface area contributed by atoms with Gasteiger partial charge in [0, 0.05) is 11.5 Å². The molecule has 3 nitrogen and oxygen atoms in total. The molecule has 0 aromatic rings. The summed E-state index contributed by atoms with van der Waals surface area (Å²) < 4.78 is 8.20. The summed E-state index contributed by atoms with van der Waals surface area (Å²) in [6.07, 6.45) is -1.72. The molecular formula is C4H10O3S2. The van der Waals surface area contributed by atoms with Crippen LogP contribution in [0.2, 0.25) is 0 Å². The minimum atomic E-state index is -0.877. The van der Waals surface area contributed by atoms with Crippen LogP contribution in [0.15, 0.2) is 0 Å². The van der Waals surface area contributed by atoms with E-state index in [1.165, 1.54) is 0 Å². The Hall–Kier alpha value is 0.580. The number of aliphatic hydroxyl groups is 2. The average Bonchev–Trinajstić information content (AvgIpc) is 1.87. The van der Waals surface area contributed by atoms with Gasteiger partial charge < -0.3 is 14.8 Å². The Bertz CT molecular complexity index is 70.8.